The molecular weight excluding hydrogens is 366 g/mol. The Morgan fingerprint density at radius 1 is 0.767 bits per heavy atom. The lowest BCUT2D eigenvalue weighted by Crippen LogP contribution is -1.98. The van der Waals surface area contributed by atoms with Gasteiger partial charge in [0.1, 0.15) is 5.75 Å². The van der Waals surface area contributed by atoms with Gasteiger partial charge in [-0.3, -0.25) is 4.98 Å². The van der Waals surface area contributed by atoms with Crippen LogP contribution in [0.1, 0.15) is 97.1 Å². The molecule has 0 aliphatic heterocycles. The highest BCUT2D eigenvalue weighted by Gasteiger charge is 2.02. The minimum absolute atomic E-state index is 0.814. The number of aryl methyl sites for hydroxylation is 1. The van der Waals surface area contributed by atoms with Crippen LogP contribution in [0.15, 0.2) is 42.6 Å². The summed E-state index contributed by atoms with van der Waals surface area (Å²) in [6.45, 7) is 7.70. The van der Waals surface area contributed by atoms with Crippen molar-refractivity contribution in [3.05, 3.63) is 48.3 Å². The molecule has 1 atom stereocenters. The Hall–Kier alpha value is -1.83. The zero-order valence-electron chi connectivity index (χ0n) is 19.7. The minimum atomic E-state index is 0.814. The predicted octanol–water partition coefficient (Wildman–Crippen LogP) is 8.64. The Morgan fingerprint density at radius 3 is 2.17 bits per heavy atom. The fraction of sp³-hybridized carbons (Fsp3) is 0.607. The first-order chi connectivity index (χ1) is 14.7. The highest BCUT2D eigenvalue weighted by atomic mass is 16.5. The first kappa shape index (κ1) is 24.4. The second-order valence-electron chi connectivity index (χ2n) is 8.79. The Morgan fingerprint density at radius 2 is 1.47 bits per heavy atom. The van der Waals surface area contributed by atoms with Crippen molar-refractivity contribution in [3.8, 4) is 16.9 Å². The van der Waals surface area contributed by atoms with E-state index >= 15 is 0 Å². The highest BCUT2D eigenvalue weighted by Crippen LogP contribution is 2.23. The molecule has 0 bridgehead atoms. The van der Waals surface area contributed by atoms with Crippen LogP contribution >= 0.6 is 0 Å². The molecule has 1 heterocycles. The number of benzene rings is 1. The molecule has 0 amide bonds. The van der Waals surface area contributed by atoms with Gasteiger partial charge < -0.3 is 4.74 Å². The number of rotatable bonds is 16. The molecule has 0 fully saturated rings. The van der Waals surface area contributed by atoms with Gasteiger partial charge in [-0.05, 0) is 48.9 Å². The third kappa shape index (κ3) is 9.78. The average molecular weight is 410 g/mol. The van der Waals surface area contributed by atoms with Crippen LogP contribution in [-0.4, -0.2) is 11.6 Å². The Kier molecular flexibility index (Phi) is 12.3. The number of ether oxygens (including phenoxy) is 1. The molecule has 2 rings (SSSR count). The van der Waals surface area contributed by atoms with Crippen LogP contribution < -0.4 is 4.74 Å². The molecule has 2 aromatic rings. The smallest absolute Gasteiger partial charge is 0.119 e. The molecule has 1 aromatic heterocycles. The van der Waals surface area contributed by atoms with E-state index in [0.717, 1.165) is 31.1 Å². The molecule has 0 unspecified atom stereocenters. The summed E-state index contributed by atoms with van der Waals surface area (Å²) in [4.78, 5) is 4.68. The molecule has 2 nitrogen and oxygen atoms in total. The maximum Gasteiger partial charge on any atom is 0.119 e. The Labute approximate surface area is 185 Å². The van der Waals surface area contributed by atoms with Crippen LogP contribution in [0.2, 0.25) is 0 Å². The SMILES string of the molecule is CCCCCCCCc1ccc(-c2ccc(OCCCCC[C@@H](C)CC)cc2)cn1. The molecule has 30 heavy (non-hydrogen) atoms. The van der Waals surface area contributed by atoms with E-state index in [1.807, 2.05) is 6.20 Å². The zero-order chi connectivity index (χ0) is 21.4. The van der Waals surface area contributed by atoms with Gasteiger partial charge in [0.25, 0.3) is 0 Å². The van der Waals surface area contributed by atoms with Gasteiger partial charge in [-0.1, -0.05) is 96.8 Å². The molecule has 0 saturated heterocycles. The van der Waals surface area contributed by atoms with Crippen molar-refractivity contribution in [2.75, 3.05) is 6.61 Å². The van der Waals surface area contributed by atoms with E-state index in [1.165, 1.54) is 81.0 Å². The van der Waals surface area contributed by atoms with E-state index in [2.05, 4.69) is 62.2 Å². The van der Waals surface area contributed by atoms with E-state index in [9.17, 15) is 0 Å². The third-order valence-corrected chi connectivity index (χ3v) is 6.11. The van der Waals surface area contributed by atoms with Gasteiger partial charge in [-0.2, -0.15) is 0 Å². The summed E-state index contributed by atoms with van der Waals surface area (Å²) in [6, 6.07) is 12.8. The first-order valence-corrected chi connectivity index (χ1v) is 12.4. The second-order valence-corrected chi connectivity index (χ2v) is 8.79. The summed E-state index contributed by atoms with van der Waals surface area (Å²) in [5.74, 6) is 1.82. The van der Waals surface area contributed by atoms with Crippen LogP contribution in [-0.2, 0) is 6.42 Å². The Bertz CT molecular complexity index is 662. The molecule has 1 aromatic carbocycles. The first-order valence-electron chi connectivity index (χ1n) is 12.4. The van der Waals surface area contributed by atoms with Gasteiger partial charge in [0.05, 0.1) is 6.61 Å². The fourth-order valence-electron chi connectivity index (χ4n) is 3.74. The number of pyridine rings is 1. The van der Waals surface area contributed by atoms with Crippen molar-refractivity contribution in [2.45, 2.75) is 97.8 Å². The summed E-state index contributed by atoms with van der Waals surface area (Å²) in [5.41, 5.74) is 3.59. The van der Waals surface area contributed by atoms with Crippen molar-refractivity contribution in [1.29, 1.82) is 0 Å². The minimum Gasteiger partial charge on any atom is -0.494 e. The molecule has 0 aliphatic carbocycles. The van der Waals surface area contributed by atoms with E-state index < -0.39 is 0 Å². The maximum absolute atomic E-state index is 5.91. The normalized spacial score (nSPS) is 12.1. The van der Waals surface area contributed by atoms with Crippen LogP contribution in [0.4, 0.5) is 0 Å². The van der Waals surface area contributed by atoms with Gasteiger partial charge in [0.2, 0.25) is 0 Å². The summed E-state index contributed by atoms with van der Waals surface area (Å²) < 4.78 is 5.91. The van der Waals surface area contributed by atoms with E-state index in [1.54, 1.807) is 0 Å². The summed E-state index contributed by atoms with van der Waals surface area (Å²) in [5, 5.41) is 0. The standard InChI is InChI=1S/C28H43NO/c1-4-6-7-8-9-12-15-27-19-16-26(23-29-27)25-17-20-28(21-18-25)30-22-13-10-11-14-24(3)5-2/h16-21,23-24H,4-15,22H2,1-3H3/t24-/m0/s1. The van der Waals surface area contributed by atoms with Crippen LogP contribution in [0.3, 0.4) is 0 Å². The van der Waals surface area contributed by atoms with E-state index in [-0.39, 0.29) is 0 Å². The molecule has 2 heteroatoms. The van der Waals surface area contributed by atoms with Crippen molar-refractivity contribution in [2.24, 2.45) is 5.92 Å². The Balaban J connectivity index is 1.67. The molecule has 0 saturated carbocycles. The largest absolute Gasteiger partial charge is 0.494 e. The number of hydrogen-bond donors (Lipinski definition) is 0. The summed E-state index contributed by atoms with van der Waals surface area (Å²) in [7, 11) is 0. The number of aromatic nitrogens is 1. The van der Waals surface area contributed by atoms with Crippen molar-refractivity contribution >= 4 is 0 Å². The number of nitrogens with zero attached hydrogens (tertiary/aromatic N) is 1. The quantitative estimate of drug-likeness (QED) is 0.259. The van der Waals surface area contributed by atoms with Crippen molar-refractivity contribution < 1.29 is 4.74 Å². The molecular formula is C28H43NO. The third-order valence-electron chi connectivity index (χ3n) is 6.11. The summed E-state index contributed by atoms with van der Waals surface area (Å²) >= 11 is 0. The lowest BCUT2D eigenvalue weighted by Gasteiger charge is -2.09. The van der Waals surface area contributed by atoms with Gasteiger partial charge in [0.15, 0.2) is 0 Å². The fourth-order valence-corrected chi connectivity index (χ4v) is 3.74. The monoisotopic (exact) mass is 409 g/mol. The van der Waals surface area contributed by atoms with Crippen molar-refractivity contribution in [3.63, 3.8) is 0 Å². The highest BCUT2D eigenvalue weighted by molar-refractivity contribution is 5.63. The van der Waals surface area contributed by atoms with Crippen LogP contribution in [0.25, 0.3) is 11.1 Å². The average Bonchev–Trinajstić information content (AvgIpc) is 2.79. The topological polar surface area (TPSA) is 22.1 Å². The zero-order valence-corrected chi connectivity index (χ0v) is 19.7. The predicted molar refractivity (Wildman–Crippen MR) is 130 cm³/mol. The van der Waals surface area contributed by atoms with Gasteiger partial charge in [-0.15, -0.1) is 0 Å². The number of unbranched alkanes of at least 4 members (excludes halogenated alkanes) is 7. The van der Waals surface area contributed by atoms with Crippen molar-refractivity contribution in [1.82, 2.24) is 4.98 Å². The van der Waals surface area contributed by atoms with Gasteiger partial charge in [-0.25, -0.2) is 0 Å². The summed E-state index contributed by atoms with van der Waals surface area (Å²) in [6.07, 6.45) is 17.5. The molecule has 0 spiro atoms. The van der Waals surface area contributed by atoms with Gasteiger partial charge >= 0.3 is 0 Å². The molecule has 166 valence electrons. The molecule has 0 N–H and O–H groups in total. The lowest BCUT2D eigenvalue weighted by molar-refractivity contribution is 0.302. The van der Waals surface area contributed by atoms with E-state index in [4.69, 9.17) is 4.74 Å². The van der Waals surface area contributed by atoms with Crippen LogP contribution in [0, 0.1) is 5.92 Å². The van der Waals surface area contributed by atoms with E-state index in [0.29, 0.717) is 0 Å². The maximum atomic E-state index is 5.91. The lowest BCUT2D eigenvalue weighted by atomic mass is 10.0. The van der Waals surface area contributed by atoms with Gasteiger partial charge in [0, 0.05) is 17.5 Å². The molecule has 0 aliphatic rings. The van der Waals surface area contributed by atoms with Crippen LogP contribution in [0.5, 0.6) is 5.75 Å². The number of hydrogen-bond acceptors (Lipinski definition) is 2. The molecule has 0 radical (unpaired) electrons. The second kappa shape index (κ2) is 15.0.